The van der Waals surface area contributed by atoms with E-state index in [1.165, 1.54) is 0 Å². The van der Waals surface area contributed by atoms with Crippen LogP contribution in [0.2, 0.25) is 0 Å². The number of rotatable bonds is 2. The first kappa shape index (κ1) is 16.7. The lowest BCUT2D eigenvalue weighted by Gasteiger charge is -2.30. The zero-order chi connectivity index (χ0) is 13.5. The van der Waals surface area contributed by atoms with Crippen LogP contribution in [0.1, 0.15) is 33.6 Å². The van der Waals surface area contributed by atoms with Gasteiger partial charge in [0.2, 0.25) is 5.91 Å². The highest BCUT2D eigenvalue weighted by atomic mass is 35.5. The highest BCUT2D eigenvalue weighted by Crippen LogP contribution is 2.30. The molecule has 3 N–H and O–H groups in total. The molecule has 6 heteroatoms. The SMILES string of the molecule is CC(C)(C)C[C@H](N)C(=O)N1CC[C@H]2OC[C@H](O)[C@H]21.Cl. The molecule has 2 saturated heterocycles. The predicted molar refractivity (Wildman–Crippen MR) is 75.2 cm³/mol. The highest BCUT2D eigenvalue weighted by molar-refractivity contribution is 5.85. The molecule has 0 spiro atoms. The average molecular weight is 293 g/mol. The van der Waals surface area contributed by atoms with Crippen LogP contribution in [0.5, 0.6) is 0 Å². The number of aliphatic hydroxyl groups excluding tert-OH is 1. The largest absolute Gasteiger partial charge is 0.388 e. The molecule has 2 aliphatic rings. The van der Waals surface area contributed by atoms with E-state index in [9.17, 15) is 9.90 Å². The fourth-order valence-electron chi connectivity index (χ4n) is 2.96. The van der Waals surface area contributed by atoms with E-state index in [1.807, 2.05) is 0 Å². The van der Waals surface area contributed by atoms with E-state index in [0.29, 0.717) is 19.6 Å². The maximum atomic E-state index is 12.3. The predicted octanol–water partition coefficient (Wildman–Crippen LogP) is 0.532. The summed E-state index contributed by atoms with van der Waals surface area (Å²) < 4.78 is 5.47. The normalized spacial score (nSPS) is 31.8. The van der Waals surface area contributed by atoms with Gasteiger partial charge in [0, 0.05) is 6.54 Å². The Kier molecular flexibility index (Phi) is 5.23. The van der Waals surface area contributed by atoms with Crippen molar-refractivity contribution in [2.75, 3.05) is 13.2 Å². The Morgan fingerprint density at radius 1 is 1.53 bits per heavy atom. The highest BCUT2D eigenvalue weighted by Gasteiger charge is 2.47. The van der Waals surface area contributed by atoms with Gasteiger partial charge in [0.05, 0.1) is 24.8 Å². The summed E-state index contributed by atoms with van der Waals surface area (Å²) in [5.74, 6) is -0.0537. The third-order valence-electron chi connectivity index (χ3n) is 3.70. The standard InChI is InChI=1S/C13H24N2O3.ClH/c1-13(2,3)6-8(14)12(17)15-5-4-10-11(15)9(16)7-18-10;/h8-11,16H,4-7,14H2,1-3H3;1H/t8-,9-,10+,11+;/m0./s1. The first-order chi connectivity index (χ1) is 8.29. The summed E-state index contributed by atoms with van der Waals surface area (Å²) in [5.41, 5.74) is 6.02. The van der Waals surface area contributed by atoms with Crippen LogP contribution in [0.4, 0.5) is 0 Å². The van der Waals surface area contributed by atoms with Crippen molar-refractivity contribution >= 4 is 18.3 Å². The van der Waals surface area contributed by atoms with Crippen LogP contribution < -0.4 is 5.73 Å². The molecule has 0 radical (unpaired) electrons. The van der Waals surface area contributed by atoms with Crippen LogP contribution >= 0.6 is 12.4 Å². The fourth-order valence-corrected chi connectivity index (χ4v) is 2.96. The molecule has 1 amide bonds. The number of carbonyl (C=O) groups excluding carboxylic acids is 1. The number of hydrogen-bond acceptors (Lipinski definition) is 4. The molecule has 2 aliphatic heterocycles. The first-order valence-corrected chi connectivity index (χ1v) is 6.65. The third-order valence-corrected chi connectivity index (χ3v) is 3.70. The second-order valence-electron chi connectivity index (χ2n) is 6.62. The van der Waals surface area contributed by atoms with Gasteiger partial charge in [-0.05, 0) is 18.3 Å². The van der Waals surface area contributed by atoms with Crippen molar-refractivity contribution in [1.82, 2.24) is 4.90 Å². The van der Waals surface area contributed by atoms with Gasteiger partial charge in [-0.3, -0.25) is 4.79 Å². The topological polar surface area (TPSA) is 75.8 Å². The van der Waals surface area contributed by atoms with E-state index in [1.54, 1.807) is 4.90 Å². The summed E-state index contributed by atoms with van der Waals surface area (Å²) in [6.07, 6.45) is 0.876. The summed E-state index contributed by atoms with van der Waals surface area (Å²) in [5, 5.41) is 9.87. The van der Waals surface area contributed by atoms with Gasteiger partial charge >= 0.3 is 0 Å². The molecule has 2 heterocycles. The van der Waals surface area contributed by atoms with Crippen LogP contribution in [-0.2, 0) is 9.53 Å². The Morgan fingerprint density at radius 2 is 2.16 bits per heavy atom. The number of nitrogens with two attached hydrogens (primary N) is 1. The number of amides is 1. The lowest BCUT2D eigenvalue weighted by atomic mass is 9.88. The van der Waals surface area contributed by atoms with E-state index in [-0.39, 0.29) is 35.9 Å². The Bertz CT molecular complexity index is 332. The van der Waals surface area contributed by atoms with Gasteiger partial charge < -0.3 is 20.5 Å². The van der Waals surface area contributed by atoms with Crippen LogP contribution in [0.15, 0.2) is 0 Å². The molecule has 0 unspecified atom stereocenters. The number of likely N-dealkylation sites (tertiary alicyclic amines) is 1. The summed E-state index contributed by atoms with van der Waals surface area (Å²) in [6, 6.07) is -0.680. The van der Waals surface area contributed by atoms with Gasteiger partial charge in [-0.15, -0.1) is 12.4 Å². The molecule has 4 atom stereocenters. The quantitative estimate of drug-likeness (QED) is 0.778. The zero-order valence-electron chi connectivity index (χ0n) is 11.8. The fraction of sp³-hybridized carbons (Fsp3) is 0.923. The number of halogens is 1. The van der Waals surface area contributed by atoms with Crippen LogP contribution in [-0.4, -0.2) is 53.4 Å². The minimum Gasteiger partial charge on any atom is -0.388 e. The Hall–Kier alpha value is -0.360. The Morgan fingerprint density at radius 3 is 2.74 bits per heavy atom. The van der Waals surface area contributed by atoms with Crippen molar-refractivity contribution in [2.24, 2.45) is 11.1 Å². The second-order valence-corrected chi connectivity index (χ2v) is 6.62. The summed E-state index contributed by atoms with van der Waals surface area (Å²) >= 11 is 0. The molecule has 0 aromatic rings. The van der Waals surface area contributed by atoms with Crippen molar-refractivity contribution in [3.8, 4) is 0 Å². The van der Waals surface area contributed by atoms with Gasteiger partial charge in [0.25, 0.3) is 0 Å². The molecule has 112 valence electrons. The summed E-state index contributed by atoms with van der Waals surface area (Å²) in [6.45, 7) is 7.18. The average Bonchev–Trinajstić information content (AvgIpc) is 2.78. The molecule has 5 nitrogen and oxygen atoms in total. The molecule has 2 fully saturated rings. The van der Waals surface area contributed by atoms with Gasteiger partial charge in [0.15, 0.2) is 0 Å². The number of hydrogen-bond donors (Lipinski definition) is 2. The second kappa shape index (κ2) is 5.95. The molecule has 2 rings (SSSR count). The smallest absolute Gasteiger partial charge is 0.239 e. The van der Waals surface area contributed by atoms with E-state index in [0.717, 1.165) is 6.42 Å². The Balaban J connectivity index is 0.00000180. The van der Waals surface area contributed by atoms with E-state index < -0.39 is 12.1 Å². The van der Waals surface area contributed by atoms with E-state index in [4.69, 9.17) is 10.5 Å². The molecule has 0 saturated carbocycles. The van der Waals surface area contributed by atoms with Crippen LogP contribution in [0.25, 0.3) is 0 Å². The minimum atomic E-state index is -0.566. The number of ether oxygens (including phenoxy) is 1. The monoisotopic (exact) mass is 292 g/mol. The van der Waals surface area contributed by atoms with Crippen molar-refractivity contribution in [1.29, 1.82) is 0 Å². The molecule has 19 heavy (non-hydrogen) atoms. The number of aliphatic hydroxyl groups is 1. The van der Waals surface area contributed by atoms with E-state index >= 15 is 0 Å². The molecule has 0 bridgehead atoms. The van der Waals surface area contributed by atoms with Crippen molar-refractivity contribution in [3.05, 3.63) is 0 Å². The number of nitrogens with zero attached hydrogens (tertiary/aromatic N) is 1. The molecule has 0 aliphatic carbocycles. The van der Waals surface area contributed by atoms with Crippen molar-refractivity contribution in [3.63, 3.8) is 0 Å². The maximum Gasteiger partial charge on any atom is 0.239 e. The number of fused-ring (bicyclic) bond motifs is 1. The zero-order valence-corrected chi connectivity index (χ0v) is 12.7. The molecule has 0 aromatic heterocycles. The summed E-state index contributed by atoms with van der Waals surface area (Å²) in [7, 11) is 0. The maximum absolute atomic E-state index is 12.3. The van der Waals surface area contributed by atoms with Crippen LogP contribution in [0.3, 0.4) is 0 Å². The lowest BCUT2D eigenvalue weighted by Crippen LogP contribution is -2.51. The van der Waals surface area contributed by atoms with Gasteiger partial charge in [-0.25, -0.2) is 0 Å². The van der Waals surface area contributed by atoms with Crippen molar-refractivity contribution < 1.29 is 14.6 Å². The third kappa shape index (κ3) is 3.60. The Labute approximate surface area is 120 Å². The van der Waals surface area contributed by atoms with Crippen LogP contribution in [0, 0.1) is 5.41 Å². The molecular weight excluding hydrogens is 268 g/mol. The van der Waals surface area contributed by atoms with Gasteiger partial charge in [0.1, 0.15) is 6.10 Å². The van der Waals surface area contributed by atoms with Gasteiger partial charge in [-0.1, -0.05) is 20.8 Å². The molecular formula is C13H25ClN2O3. The molecule has 0 aromatic carbocycles. The number of carbonyl (C=O) groups is 1. The van der Waals surface area contributed by atoms with Gasteiger partial charge in [-0.2, -0.15) is 0 Å². The van der Waals surface area contributed by atoms with E-state index in [2.05, 4.69) is 20.8 Å². The summed E-state index contributed by atoms with van der Waals surface area (Å²) in [4.78, 5) is 14.1. The lowest BCUT2D eigenvalue weighted by molar-refractivity contribution is -0.135. The first-order valence-electron chi connectivity index (χ1n) is 6.65. The minimum absolute atomic E-state index is 0. The van der Waals surface area contributed by atoms with Crippen molar-refractivity contribution in [2.45, 2.75) is 57.9 Å².